The van der Waals surface area contributed by atoms with Crippen LogP contribution in [-0.4, -0.2) is 28.8 Å². The van der Waals surface area contributed by atoms with Crippen LogP contribution in [0.15, 0.2) is 18.5 Å². The average Bonchev–Trinajstić information content (AvgIpc) is 2.30. The minimum atomic E-state index is -0.0360. The molecule has 1 aliphatic heterocycles. The highest BCUT2D eigenvalue weighted by molar-refractivity contribution is 5.64. The molecule has 1 unspecified atom stereocenters. The van der Waals surface area contributed by atoms with E-state index in [4.69, 9.17) is 0 Å². The standard InChI is InChI=1S/C10H13N3O/c14-8-9-4-1-2-7-13(9)10-11-5-3-6-12-10/h3,5-6,8-9H,1-2,4,7H2. The zero-order chi connectivity index (χ0) is 9.80. The Bertz CT molecular complexity index is 301. The molecule has 0 aliphatic carbocycles. The SMILES string of the molecule is O=CC1CCCCN1c1ncccn1. The maximum atomic E-state index is 10.8. The normalized spacial score (nSPS) is 22.0. The second-order valence-corrected chi connectivity index (χ2v) is 3.44. The number of hydrogen-bond acceptors (Lipinski definition) is 4. The summed E-state index contributed by atoms with van der Waals surface area (Å²) in [6.45, 7) is 0.882. The number of rotatable bonds is 2. The largest absolute Gasteiger partial charge is 0.331 e. The summed E-state index contributed by atoms with van der Waals surface area (Å²) in [4.78, 5) is 21.1. The van der Waals surface area contributed by atoms with Crippen LogP contribution in [0.3, 0.4) is 0 Å². The number of anilines is 1. The first-order valence-electron chi connectivity index (χ1n) is 4.91. The van der Waals surface area contributed by atoms with Gasteiger partial charge in [0.2, 0.25) is 5.95 Å². The first-order chi connectivity index (χ1) is 6.92. The molecule has 0 spiro atoms. The Labute approximate surface area is 83.0 Å². The summed E-state index contributed by atoms with van der Waals surface area (Å²) >= 11 is 0. The Kier molecular flexibility index (Phi) is 2.72. The second kappa shape index (κ2) is 4.17. The van der Waals surface area contributed by atoms with Gasteiger partial charge in [-0.3, -0.25) is 0 Å². The molecule has 1 saturated heterocycles. The van der Waals surface area contributed by atoms with Gasteiger partial charge in [0.1, 0.15) is 6.29 Å². The van der Waals surface area contributed by atoms with Crippen LogP contribution >= 0.6 is 0 Å². The molecule has 0 N–H and O–H groups in total. The summed E-state index contributed by atoms with van der Waals surface area (Å²) in [6, 6.07) is 1.75. The highest BCUT2D eigenvalue weighted by atomic mass is 16.1. The fraction of sp³-hybridized carbons (Fsp3) is 0.500. The van der Waals surface area contributed by atoms with E-state index in [-0.39, 0.29) is 6.04 Å². The van der Waals surface area contributed by atoms with Crippen molar-refractivity contribution in [2.75, 3.05) is 11.4 Å². The zero-order valence-corrected chi connectivity index (χ0v) is 7.97. The maximum Gasteiger partial charge on any atom is 0.225 e. The van der Waals surface area contributed by atoms with Crippen molar-refractivity contribution < 1.29 is 4.79 Å². The monoisotopic (exact) mass is 191 g/mol. The first-order valence-corrected chi connectivity index (χ1v) is 4.91. The topological polar surface area (TPSA) is 46.1 Å². The summed E-state index contributed by atoms with van der Waals surface area (Å²) < 4.78 is 0. The van der Waals surface area contributed by atoms with Gasteiger partial charge in [0.05, 0.1) is 6.04 Å². The van der Waals surface area contributed by atoms with Crippen molar-refractivity contribution in [1.29, 1.82) is 0 Å². The molecule has 1 aromatic rings. The van der Waals surface area contributed by atoms with Gasteiger partial charge >= 0.3 is 0 Å². The number of aromatic nitrogens is 2. The summed E-state index contributed by atoms with van der Waals surface area (Å²) in [5, 5.41) is 0. The molecule has 1 fully saturated rings. The Morgan fingerprint density at radius 3 is 2.86 bits per heavy atom. The lowest BCUT2D eigenvalue weighted by atomic mass is 10.0. The molecule has 0 amide bonds. The van der Waals surface area contributed by atoms with E-state index in [2.05, 4.69) is 9.97 Å². The van der Waals surface area contributed by atoms with Gasteiger partial charge in [-0.15, -0.1) is 0 Å². The quantitative estimate of drug-likeness (QED) is 0.655. The highest BCUT2D eigenvalue weighted by Gasteiger charge is 2.23. The van der Waals surface area contributed by atoms with Crippen LogP contribution in [0.25, 0.3) is 0 Å². The molecule has 1 aliphatic rings. The van der Waals surface area contributed by atoms with Crippen molar-refractivity contribution in [3.8, 4) is 0 Å². The molecule has 4 nitrogen and oxygen atoms in total. The highest BCUT2D eigenvalue weighted by Crippen LogP contribution is 2.19. The fourth-order valence-corrected chi connectivity index (χ4v) is 1.79. The van der Waals surface area contributed by atoms with Gasteiger partial charge in [-0.2, -0.15) is 0 Å². The van der Waals surface area contributed by atoms with Crippen LogP contribution in [0, 0.1) is 0 Å². The van der Waals surface area contributed by atoms with Crippen LogP contribution < -0.4 is 4.90 Å². The summed E-state index contributed by atoms with van der Waals surface area (Å²) in [5.74, 6) is 0.671. The fourth-order valence-electron chi connectivity index (χ4n) is 1.79. The van der Waals surface area contributed by atoms with Gasteiger partial charge in [0.15, 0.2) is 0 Å². The predicted molar refractivity (Wildman–Crippen MR) is 53.1 cm³/mol. The van der Waals surface area contributed by atoms with Crippen LogP contribution in [-0.2, 0) is 4.79 Å². The third-order valence-electron chi connectivity index (χ3n) is 2.52. The molecule has 1 atom stereocenters. The molecule has 1 aromatic heterocycles. The number of aldehydes is 1. The molecule has 0 saturated carbocycles. The Morgan fingerprint density at radius 2 is 2.14 bits per heavy atom. The van der Waals surface area contributed by atoms with Gasteiger partial charge in [0, 0.05) is 18.9 Å². The zero-order valence-electron chi connectivity index (χ0n) is 7.97. The summed E-state index contributed by atoms with van der Waals surface area (Å²) in [7, 11) is 0. The van der Waals surface area contributed by atoms with Gasteiger partial charge in [-0.05, 0) is 25.3 Å². The van der Waals surface area contributed by atoms with Crippen LogP contribution in [0.2, 0.25) is 0 Å². The lowest BCUT2D eigenvalue weighted by Gasteiger charge is -2.31. The molecular formula is C10H13N3O. The van der Waals surface area contributed by atoms with Gasteiger partial charge < -0.3 is 9.69 Å². The van der Waals surface area contributed by atoms with Gasteiger partial charge in [-0.25, -0.2) is 9.97 Å². The van der Waals surface area contributed by atoms with Gasteiger partial charge in [0.25, 0.3) is 0 Å². The van der Waals surface area contributed by atoms with Crippen LogP contribution in [0.4, 0.5) is 5.95 Å². The van der Waals surface area contributed by atoms with E-state index in [0.29, 0.717) is 5.95 Å². The number of nitrogens with zero attached hydrogens (tertiary/aromatic N) is 3. The van der Waals surface area contributed by atoms with Crippen LogP contribution in [0.1, 0.15) is 19.3 Å². The van der Waals surface area contributed by atoms with Crippen molar-refractivity contribution in [1.82, 2.24) is 9.97 Å². The molecule has 4 heteroatoms. The van der Waals surface area contributed by atoms with E-state index in [1.54, 1.807) is 18.5 Å². The Balaban J connectivity index is 2.19. The lowest BCUT2D eigenvalue weighted by Crippen LogP contribution is -2.41. The minimum absolute atomic E-state index is 0.0360. The average molecular weight is 191 g/mol. The van der Waals surface area contributed by atoms with Gasteiger partial charge in [-0.1, -0.05) is 0 Å². The van der Waals surface area contributed by atoms with Crippen LogP contribution in [0.5, 0.6) is 0 Å². The third-order valence-corrected chi connectivity index (χ3v) is 2.52. The maximum absolute atomic E-state index is 10.8. The Morgan fingerprint density at radius 1 is 1.36 bits per heavy atom. The van der Waals surface area contributed by atoms with Crippen molar-refractivity contribution in [2.45, 2.75) is 25.3 Å². The molecule has 0 aromatic carbocycles. The molecule has 74 valence electrons. The summed E-state index contributed by atoms with van der Waals surface area (Å²) in [5.41, 5.74) is 0. The minimum Gasteiger partial charge on any atom is -0.331 e. The second-order valence-electron chi connectivity index (χ2n) is 3.44. The summed E-state index contributed by atoms with van der Waals surface area (Å²) in [6.07, 6.45) is 7.56. The van der Waals surface area contributed by atoms with E-state index in [1.165, 1.54) is 0 Å². The number of piperidine rings is 1. The number of hydrogen-bond donors (Lipinski definition) is 0. The number of carbonyl (C=O) groups is 1. The number of carbonyl (C=O) groups excluding carboxylic acids is 1. The molecule has 14 heavy (non-hydrogen) atoms. The Hall–Kier alpha value is -1.45. The smallest absolute Gasteiger partial charge is 0.225 e. The van der Waals surface area contributed by atoms with Crippen molar-refractivity contribution in [3.05, 3.63) is 18.5 Å². The first kappa shape index (κ1) is 9.12. The van der Waals surface area contributed by atoms with Crippen molar-refractivity contribution >= 4 is 12.2 Å². The van der Waals surface area contributed by atoms with E-state index in [1.807, 2.05) is 4.90 Å². The molecule has 2 rings (SSSR count). The third kappa shape index (κ3) is 1.73. The van der Waals surface area contributed by atoms with E-state index in [0.717, 1.165) is 32.1 Å². The molecule has 0 radical (unpaired) electrons. The molecule has 2 heterocycles. The van der Waals surface area contributed by atoms with Crippen molar-refractivity contribution in [2.24, 2.45) is 0 Å². The van der Waals surface area contributed by atoms with E-state index < -0.39 is 0 Å². The predicted octanol–water partition coefficient (Wildman–Crippen LogP) is 1.03. The lowest BCUT2D eigenvalue weighted by molar-refractivity contribution is -0.109. The van der Waals surface area contributed by atoms with E-state index >= 15 is 0 Å². The van der Waals surface area contributed by atoms with E-state index in [9.17, 15) is 4.79 Å². The van der Waals surface area contributed by atoms with Crippen molar-refractivity contribution in [3.63, 3.8) is 0 Å². The molecular weight excluding hydrogens is 178 g/mol. The molecule has 0 bridgehead atoms.